The van der Waals surface area contributed by atoms with E-state index < -0.39 is 11.5 Å². The fraction of sp³-hybridized carbons (Fsp3) is 0.938. The van der Waals surface area contributed by atoms with Crippen molar-refractivity contribution in [3.63, 3.8) is 0 Å². The Morgan fingerprint density at radius 2 is 1.95 bits per heavy atom. The van der Waals surface area contributed by atoms with Crippen molar-refractivity contribution in [2.24, 2.45) is 5.41 Å². The fourth-order valence-electron chi connectivity index (χ4n) is 2.83. The predicted octanol–water partition coefficient (Wildman–Crippen LogP) is 2.73. The molecule has 1 atom stereocenters. The lowest BCUT2D eigenvalue weighted by Crippen LogP contribution is -2.53. The van der Waals surface area contributed by atoms with Crippen LogP contribution in [0, 0.1) is 5.41 Å². The molecule has 0 aliphatic heterocycles. The summed E-state index contributed by atoms with van der Waals surface area (Å²) in [7, 11) is 2.12. The molecule has 0 radical (unpaired) electrons. The van der Waals surface area contributed by atoms with Gasteiger partial charge in [-0.25, -0.2) is 0 Å². The number of nitrogens with zero attached hydrogens (tertiary/aromatic N) is 1. The third-order valence-electron chi connectivity index (χ3n) is 3.96. The lowest BCUT2D eigenvalue weighted by atomic mass is 9.89. The molecule has 0 aromatic rings. The van der Waals surface area contributed by atoms with Crippen molar-refractivity contribution in [3.8, 4) is 0 Å². The van der Waals surface area contributed by atoms with E-state index in [-0.39, 0.29) is 5.41 Å². The minimum Gasteiger partial charge on any atom is -0.480 e. The Kier molecular flexibility index (Phi) is 6.02. The first-order valence-electron chi connectivity index (χ1n) is 7.88. The summed E-state index contributed by atoms with van der Waals surface area (Å²) in [5.74, 6) is -0.689. The average Bonchev–Trinajstić information content (AvgIpc) is 3.08. The molecule has 4 nitrogen and oxygen atoms in total. The van der Waals surface area contributed by atoms with Gasteiger partial charge in [0.05, 0.1) is 0 Å². The molecule has 4 heteroatoms. The van der Waals surface area contributed by atoms with E-state index in [1.165, 1.54) is 0 Å². The van der Waals surface area contributed by atoms with Crippen molar-refractivity contribution in [2.45, 2.75) is 71.4 Å². The summed E-state index contributed by atoms with van der Waals surface area (Å²) >= 11 is 0. The van der Waals surface area contributed by atoms with Crippen LogP contribution in [0.25, 0.3) is 0 Å². The van der Waals surface area contributed by atoms with Gasteiger partial charge in [0, 0.05) is 12.6 Å². The average molecular weight is 284 g/mol. The first-order chi connectivity index (χ1) is 9.18. The number of carboxylic acids is 1. The highest BCUT2D eigenvalue weighted by atomic mass is 16.4. The van der Waals surface area contributed by atoms with Crippen molar-refractivity contribution in [2.75, 3.05) is 20.1 Å². The standard InChI is InChI=1S/C16H32N2O2/c1-6-16(14(19)20,17-13-8-9-13)10-7-11-18(5)12-15(2,3)4/h13,17H,6-12H2,1-5H3,(H,19,20). The van der Waals surface area contributed by atoms with E-state index in [1.807, 2.05) is 6.92 Å². The molecule has 0 bridgehead atoms. The maximum atomic E-state index is 11.6. The van der Waals surface area contributed by atoms with Crippen LogP contribution in [-0.4, -0.2) is 47.7 Å². The van der Waals surface area contributed by atoms with E-state index >= 15 is 0 Å². The molecule has 2 N–H and O–H groups in total. The summed E-state index contributed by atoms with van der Waals surface area (Å²) in [6.45, 7) is 10.7. The molecular weight excluding hydrogens is 252 g/mol. The maximum absolute atomic E-state index is 11.6. The van der Waals surface area contributed by atoms with Crippen molar-refractivity contribution in [3.05, 3.63) is 0 Å². The molecule has 118 valence electrons. The number of nitrogens with one attached hydrogen (secondary N) is 1. The fourth-order valence-corrected chi connectivity index (χ4v) is 2.83. The van der Waals surface area contributed by atoms with Crippen LogP contribution >= 0.6 is 0 Å². The molecule has 0 saturated heterocycles. The van der Waals surface area contributed by atoms with E-state index in [4.69, 9.17) is 0 Å². The Labute approximate surface area is 123 Å². The van der Waals surface area contributed by atoms with Gasteiger partial charge in [-0.2, -0.15) is 0 Å². The van der Waals surface area contributed by atoms with Gasteiger partial charge in [0.2, 0.25) is 0 Å². The number of hydrogen-bond acceptors (Lipinski definition) is 3. The lowest BCUT2D eigenvalue weighted by molar-refractivity contribution is -0.145. The number of aliphatic carboxylic acids is 1. The zero-order valence-corrected chi connectivity index (χ0v) is 13.8. The molecule has 1 unspecified atom stereocenters. The highest BCUT2D eigenvalue weighted by molar-refractivity contribution is 5.78. The highest BCUT2D eigenvalue weighted by Crippen LogP contribution is 2.27. The monoisotopic (exact) mass is 284 g/mol. The molecule has 0 aromatic heterocycles. The van der Waals surface area contributed by atoms with Gasteiger partial charge in [0.1, 0.15) is 5.54 Å². The van der Waals surface area contributed by atoms with E-state index in [1.54, 1.807) is 0 Å². The minimum atomic E-state index is -0.719. The summed E-state index contributed by atoms with van der Waals surface area (Å²) in [6.07, 6.45) is 4.54. The molecule has 0 aromatic carbocycles. The zero-order valence-electron chi connectivity index (χ0n) is 13.8. The normalized spacial score (nSPS) is 19.1. The van der Waals surface area contributed by atoms with Gasteiger partial charge in [0.25, 0.3) is 0 Å². The van der Waals surface area contributed by atoms with Crippen LogP contribution < -0.4 is 5.32 Å². The zero-order chi connectivity index (χ0) is 15.4. The minimum absolute atomic E-state index is 0.287. The van der Waals surface area contributed by atoms with Crippen molar-refractivity contribution in [1.82, 2.24) is 10.2 Å². The van der Waals surface area contributed by atoms with Gasteiger partial charge in [0.15, 0.2) is 0 Å². The highest BCUT2D eigenvalue weighted by Gasteiger charge is 2.40. The van der Waals surface area contributed by atoms with Crippen molar-refractivity contribution < 1.29 is 9.90 Å². The largest absolute Gasteiger partial charge is 0.480 e. The Morgan fingerprint density at radius 3 is 2.35 bits per heavy atom. The summed E-state index contributed by atoms with van der Waals surface area (Å²) in [5.41, 5.74) is -0.431. The molecule has 1 aliphatic rings. The smallest absolute Gasteiger partial charge is 0.323 e. The lowest BCUT2D eigenvalue weighted by Gasteiger charge is -2.31. The van der Waals surface area contributed by atoms with Gasteiger partial charge < -0.3 is 10.0 Å². The summed E-state index contributed by atoms with van der Waals surface area (Å²) in [5, 5.41) is 12.9. The number of carboxylic acid groups (broad SMARTS) is 1. The Balaban J connectivity index is 2.43. The van der Waals surface area contributed by atoms with Gasteiger partial charge in [-0.15, -0.1) is 0 Å². The molecule has 1 saturated carbocycles. The number of rotatable bonds is 9. The van der Waals surface area contributed by atoms with Crippen LogP contribution in [0.3, 0.4) is 0 Å². The van der Waals surface area contributed by atoms with Crippen LogP contribution in [0.4, 0.5) is 0 Å². The van der Waals surface area contributed by atoms with Crippen molar-refractivity contribution in [1.29, 1.82) is 0 Å². The molecule has 0 amide bonds. The van der Waals surface area contributed by atoms with Gasteiger partial charge in [-0.1, -0.05) is 27.7 Å². The molecule has 1 fully saturated rings. The van der Waals surface area contributed by atoms with Crippen LogP contribution in [0.1, 0.15) is 59.8 Å². The van der Waals surface area contributed by atoms with Gasteiger partial charge in [-0.3, -0.25) is 10.1 Å². The van der Waals surface area contributed by atoms with E-state index in [9.17, 15) is 9.90 Å². The third-order valence-corrected chi connectivity index (χ3v) is 3.96. The molecule has 0 spiro atoms. The van der Waals surface area contributed by atoms with E-state index in [0.717, 1.165) is 32.4 Å². The molecule has 1 aliphatic carbocycles. The van der Waals surface area contributed by atoms with Crippen LogP contribution in [-0.2, 0) is 4.79 Å². The van der Waals surface area contributed by atoms with Gasteiger partial charge >= 0.3 is 5.97 Å². The van der Waals surface area contributed by atoms with E-state index in [2.05, 4.69) is 38.0 Å². The Bertz CT molecular complexity index is 321. The van der Waals surface area contributed by atoms with E-state index in [0.29, 0.717) is 18.9 Å². The Morgan fingerprint density at radius 1 is 1.35 bits per heavy atom. The van der Waals surface area contributed by atoms with Crippen LogP contribution in [0.2, 0.25) is 0 Å². The third kappa shape index (κ3) is 5.80. The first kappa shape index (κ1) is 17.4. The topological polar surface area (TPSA) is 52.6 Å². The summed E-state index contributed by atoms with van der Waals surface area (Å²) in [4.78, 5) is 13.9. The predicted molar refractivity (Wildman–Crippen MR) is 83.0 cm³/mol. The molecule has 0 heterocycles. The molecule has 1 rings (SSSR count). The second-order valence-corrected chi connectivity index (χ2v) is 7.56. The second kappa shape index (κ2) is 6.90. The number of carbonyl (C=O) groups is 1. The summed E-state index contributed by atoms with van der Waals surface area (Å²) < 4.78 is 0. The van der Waals surface area contributed by atoms with Crippen molar-refractivity contribution >= 4 is 5.97 Å². The quantitative estimate of drug-likeness (QED) is 0.683. The van der Waals surface area contributed by atoms with Crippen LogP contribution in [0.5, 0.6) is 0 Å². The first-order valence-corrected chi connectivity index (χ1v) is 7.88. The maximum Gasteiger partial charge on any atom is 0.323 e. The number of hydrogen-bond donors (Lipinski definition) is 2. The second-order valence-electron chi connectivity index (χ2n) is 7.56. The van der Waals surface area contributed by atoms with Crippen LogP contribution in [0.15, 0.2) is 0 Å². The van der Waals surface area contributed by atoms with Gasteiger partial charge in [-0.05, 0) is 51.1 Å². The SMILES string of the molecule is CCC(CCCN(C)CC(C)(C)C)(NC1CC1)C(=O)O. The summed E-state index contributed by atoms with van der Waals surface area (Å²) in [6, 6.07) is 0.429. The molecular formula is C16H32N2O2. The molecule has 20 heavy (non-hydrogen) atoms. The Hall–Kier alpha value is -0.610.